The lowest BCUT2D eigenvalue weighted by Crippen LogP contribution is -2.19. The van der Waals surface area contributed by atoms with Crippen LogP contribution in [0.5, 0.6) is 5.75 Å². The lowest BCUT2D eigenvalue weighted by molar-refractivity contribution is 0.0400. The Kier molecular flexibility index (Phi) is 3.90. The Labute approximate surface area is 112 Å². The Hall–Kier alpha value is -2.23. The summed E-state index contributed by atoms with van der Waals surface area (Å²) in [6.45, 7) is 6.08. The molecule has 0 bridgehead atoms. The molecule has 100 valence electrons. The van der Waals surface area contributed by atoms with Crippen molar-refractivity contribution < 1.29 is 19.4 Å². The number of ether oxygens (including phenoxy) is 2. The van der Waals surface area contributed by atoms with Gasteiger partial charge in [-0.15, -0.1) is 0 Å². The minimum atomic E-state index is -0.520. The molecule has 0 saturated carbocycles. The summed E-state index contributed by atoms with van der Waals surface area (Å²) in [5, 5.41) is 9.68. The fourth-order valence-electron chi connectivity index (χ4n) is 1.84. The molecule has 0 spiro atoms. The highest BCUT2D eigenvalue weighted by molar-refractivity contribution is 5.93. The third-order valence-corrected chi connectivity index (χ3v) is 2.92. The maximum absolute atomic E-state index is 11.9. The van der Waals surface area contributed by atoms with Gasteiger partial charge in [-0.3, -0.25) is 0 Å². The lowest BCUT2D eigenvalue weighted by Gasteiger charge is -2.19. The van der Waals surface area contributed by atoms with Crippen LogP contribution in [0.2, 0.25) is 0 Å². The van der Waals surface area contributed by atoms with Crippen LogP contribution in [-0.2, 0) is 9.47 Å². The van der Waals surface area contributed by atoms with Gasteiger partial charge in [0.1, 0.15) is 23.7 Å². The highest BCUT2D eigenvalue weighted by Gasteiger charge is 2.18. The van der Waals surface area contributed by atoms with Crippen molar-refractivity contribution in [3.63, 3.8) is 0 Å². The molecule has 1 aliphatic rings. The molecule has 4 nitrogen and oxygen atoms in total. The van der Waals surface area contributed by atoms with Gasteiger partial charge in [-0.1, -0.05) is 24.8 Å². The maximum Gasteiger partial charge on any atom is 0.342 e. The molecular formula is C15H16O4. The van der Waals surface area contributed by atoms with Gasteiger partial charge in [0, 0.05) is 5.92 Å². The van der Waals surface area contributed by atoms with E-state index in [1.54, 1.807) is 25.1 Å². The second kappa shape index (κ2) is 5.61. The van der Waals surface area contributed by atoms with E-state index in [1.165, 1.54) is 6.07 Å². The zero-order valence-electron chi connectivity index (χ0n) is 10.8. The standard InChI is InChI=1S/C15H16O4/c1-10-4-3-5-13(16)14(10)15(17)19-9-12-7-6-11(2)18-8-12/h3-7,12,16H,2,8-9H2,1H3/t12-/m1/s1. The fourth-order valence-corrected chi connectivity index (χ4v) is 1.84. The molecule has 1 aromatic rings. The number of carbonyl (C=O) groups excluding carboxylic acids is 1. The zero-order valence-corrected chi connectivity index (χ0v) is 10.8. The number of rotatable bonds is 3. The van der Waals surface area contributed by atoms with Crippen LogP contribution in [-0.4, -0.2) is 24.3 Å². The lowest BCUT2D eigenvalue weighted by atomic mass is 10.1. The van der Waals surface area contributed by atoms with E-state index in [9.17, 15) is 9.90 Å². The van der Waals surface area contributed by atoms with Crippen LogP contribution in [0.25, 0.3) is 0 Å². The normalized spacial score (nSPS) is 17.9. The largest absolute Gasteiger partial charge is 0.507 e. The monoisotopic (exact) mass is 260 g/mol. The molecule has 0 amide bonds. The Morgan fingerprint density at radius 1 is 1.58 bits per heavy atom. The maximum atomic E-state index is 11.9. The summed E-state index contributed by atoms with van der Waals surface area (Å²) in [6.07, 6.45) is 3.66. The summed E-state index contributed by atoms with van der Waals surface area (Å²) >= 11 is 0. The fraction of sp³-hybridized carbons (Fsp3) is 0.267. The van der Waals surface area contributed by atoms with Gasteiger partial charge in [-0.05, 0) is 24.6 Å². The second-order valence-electron chi connectivity index (χ2n) is 4.46. The van der Waals surface area contributed by atoms with Gasteiger partial charge in [0.2, 0.25) is 0 Å². The first-order valence-corrected chi connectivity index (χ1v) is 6.03. The van der Waals surface area contributed by atoms with Crippen LogP contribution in [0.4, 0.5) is 0 Å². The predicted molar refractivity (Wildman–Crippen MR) is 70.8 cm³/mol. The summed E-state index contributed by atoms with van der Waals surface area (Å²) in [4.78, 5) is 11.9. The molecule has 1 aromatic carbocycles. The number of phenols is 1. The summed E-state index contributed by atoms with van der Waals surface area (Å²) < 4.78 is 10.5. The van der Waals surface area contributed by atoms with E-state index in [0.29, 0.717) is 17.9 Å². The Balaban J connectivity index is 1.98. The highest BCUT2D eigenvalue weighted by Crippen LogP contribution is 2.22. The number of benzene rings is 1. The van der Waals surface area contributed by atoms with Gasteiger partial charge in [0.25, 0.3) is 0 Å². The van der Waals surface area contributed by atoms with Gasteiger partial charge in [-0.2, -0.15) is 0 Å². The van der Waals surface area contributed by atoms with Gasteiger partial charge < -0.3 is 14.6 Å². The molecule has 1 aliphatic heterocycles. The number of hydrogen-bond acceptors (Lipinski definition) is 4. The van der Waals surface area contributed by atoms with Crippen LogP contribution < -0.4 is 0 Å². The molecule has 1 N–H and O–H groups in total. The number of aryl methyl sites for hydroxylation is 1. The molecule has 0 saturated heterocycles. The number of aromatic hydroxyl groups is 1. The minimum absolute atomic E-state index is 0.0145. The van der Waals surface area contributed by atoms with Crippen molar-refractivity contribution in [2.45, 2.75) is 6.92 Å². The molecule has 0 fully saturated rings. The van der Waals surface area contributed by atoms with Crippen molar-refractivity contribution in [3.8, 4) is 5.75 Å². The zero-order chi connectivity index (χ0) is 13.8. The van der Waals surface area contributed by atoms with E-state index in [-0.39, 0.29) is 23.8 Å². The minimum Gasteiger partial charge on any atom is -0.507 e. The molecule has 19 heavy (non-hydrogen) atoms. The topological polar surface area (TPSA) is 55.8 Å². The van der Waals surface area contributed by atoms with E-state index in [0.717, 1.165) is 0 Å². The van der Waals surface area contributed by atoms with Crippen LogP contribution in [0.1, 0.15) is 15.9 Å². The van der Waals surface area contributed by atoms with E-state index in [2.05, 4.69) is 6.58 Å². The van der Waals surface area contributed by atoms with E-state index in [4.69, 9.17) is 9.47 Å². The number of allylic oxidation sites excluding steroid dienone is 1. The predicted octanol–water partition coefficient (Wildman–Crippen LogP) is 2.57. The first kappa shape index (κ1) is 13.2. The average Bonchev–Trinajstić information content (AvgIpc) is 2.38. The van der Waals surface area contributed by atoms with Crippen LogP contribution in [0, 0.1) is 12.8 Å². The Bertz CT molecular complexity index is 511. The average molecular weight is 260 g/mol. The molecule has 1 heterocycles. The van der Waals surface area contributed by atoms with Crippen LogP contribution in [0.3, 0.4) is 0 Å². The number of hydrogen-bond donors (Lipinski definition) is 1. The van der Waals surface area contributed by atoms with Gasteiger partial charge >= 0.3 is 5.97 Å². The Morgan fingerprint density at radius 3 is 3.00 bits per heavy atom. The van der Waals surface area contributed by atoms with Crippen molar-refractivity contribution in [1.29, 1.82) is 0 Å². The summed E-state index contributed by atoms with van der Waals surface area (Å²) in [5.41, 5.74) is 0.904. The molecule has 2 rings (SSSR count). The summed E-state index contributed by atoms with van der Waals surface area (Å²) in [7, 11) is 0. The second-order valence-corrected chi connectivity index (χ2v) is 4.46. The van der Waals surface area contributed by atoms with Gasteiger partial charge in [-0.25, -0.2) is 4.79 Å². The third-order valence-electron chi connectivity index (χ3n) is 2.92. The third kappa shape index (κ3) is 3.16. The summed E-state index contributed by atoms with van der Waals surface area (Å²) in [6, 6.07) is 4.91. The Morgan fingerprint density at radius 2 is 2.37 bits per heavy atom. The molecule has 0 aromatic heterocycles. The smallest absolute Gasteiger partial charge is 0.342 e. The molecule has 1 atom stereocenters. The SMILES string of the molecule is C=C1C=C[C@@H](COC(=O)c2c(C)cccc2O)CO1. The van der Waals surface area contributed by atoms with Crippen molar-refractivity contribution in [2.24, 2.45) is 5.92 Å². The highest BCUT2D eigenvalue weighted by atomic mass is 16.5. The van der Waals surface area contributed by atoms with Crippen molar-refractivity contribution in [1.82, 2.24) is 0 Å². The van der Waals surface area contributed by atoms with Crippen molar-refractivity contribution >= 4 is 5.97 Å². The van der Waals surface area contributed by atoms with E-state index in [1.807, 2.05) is 6.08 Å². The van der Waals surface area contributed by atoms with Crippen molar-refractivity contribution in [2.75, 3.05) is 13.2 Å². The number of phenolic OH excluding ortho intramolecular Hbond substituents is 1. The molecule has 0 aliphatic carbocycles. The van der Waals surface area contributed by atoms with E-state index < -0.39 is 5.97 Å². The molecular weight excluding hydrogens is 244 g/mol. The number of esters is 1. The van der Waals surface area contributed by atoms with Gasteiger partial charge in [0.05, 0.1) is 6.61 Å². The number of carbonyl (C=O) groups is 1. The van der Waals surface area contributed by atoms with Crippen molar-refractivity contribution in [3.05, 3.63) is 53.8 Å². The quantitative estimate of drug-likeness (QED) is 0.849. The first-order chi connectivity index (χ1) is 9.08. The van der Waals surface area contributed by atoms with E-state index >= 15 is 0 Å². The molecule has 4 heteroatoms. The van der Waals surface area contributed by atoms with Crippen LogP contribution >= 0.6 is 0 Å². The molecule has 0 radical (unpaired) electrons. The summed E-state index contributed by atoms with van der Waals surface area (Å²) in [5.74, 6) is 0.0435. The van der Waals surface area contributed by atoms with Crippen LogP contribution in [0.15, 0.2) is 42.7 Å². The first-order valence-electron chi connectivity index (χ1n) is 6.03. The van der Waals surface area contributed by atoms with Gasteiger partial charge in [0.15, 0.2) is 0 Å². The molecule has 0 unspecified atom stereocenters.